The average molecular weight is 1160 g/mol. The van der Waals surface area contributed by atoms with Gasteiger partial charge in [-0.25, -0.2) is 0 Å². The Balaban J connectivity index is 2.47. The molecule has 1 fully saturated rings. The van der Waals surface area contributed by atoms with Crippen molar-refractivity contribution in [3.63, 3.8) is 0 Å². The van der Waals surface area contributed by atoms with Gasteiger partial charge in [-0.3, -0.25) is 24.1 Å². The van der Waals surface area contributed by atoms with E-state index in [2.05, 4.69) is 34.7 Å². The Bertz CT molecular complexity index is 1450. The van der Waals surface area contributed by atoms with E-state index >= 15 is 0 Å². The molecule has 0 saturated carbocycles. The molecule has 0 aromatic carbocycles. The summed E-state index contributed by atoms with van der Waals surface area (Å²) in [6.45, 7) is 20.9. The molecule has 1 saturated heterocycles. The number of nitrogens with one attached hydrogen (secondary N) is 3. The minimum Gasteiger partial charge on any atom is -0.395 e. The van der Waals surface area contributed by atoms with Crippen LogP contribution in [0.3, 0.4) is 0 Å². The molecule has 2 atom stereocenters. The summed E-state index contributed by atoms with van der Waals surface area (Å²) in [6.07, 6.45) is 46.5. The number of carbonyl (C=O) groups is 4. The van der Waals surface area contributed by atoms with E-state index in [1.54, 1.807) is 4.90 Å². The molecular formula is C68H134N6O8. The van der Waals surface area contributed by atoms with E-state index in [1.165, 1.54) is 180 Å². The van der Waals surface area contributed by atoms with Crippen LogP contribution in [0.2, 0.25) is 0 Å². The molecule has 1 rings (SSSR count). The fraction of sp³-hybridized carbons (Fsp3) is 0.941. The summed E-state index contributed by atoms with van der Waals surface area (Å²) >= 11 is 0. The zero-order valence-corrected chi connectivity index (χ0v) is 54.6. The molecule has 0 aromatic rings. The molecule has 1 heterocycles. The lowest BCUT2D eigenvalue weighted by molar-refractivity contribution is -0.142. The quantitative estimate of drug-likeness (QED) is 0.0431. The number of carbonyl (C=O) groups excluding carboxylic acids is 4. The van der Waals surface area contributed by atoms with Gasteiger partial charge in [0.15, 0.2) is 0 Å². The van der Waals surface area contributed by atoms with Gasteiger partial charge in [-0.2, -0.15) is 0 Å². The predicted molar refractivity (Wildman–Crippen MR) is 342 cm³/mol. The normalized spacial score (nSPS) is 13.7. The Hall–Kier alpha value is -2.36. The molecule has 0 aliphatic carbocycles. The molecule has 14 nitrogen and oxygen atoms in total. The van der Waals surface area contributed by atoms with Gasteiger partial charge in [0.2, 0.25) is 23.6 Å². The maximum absolute atomic E-state index is 13.9. The number of aliphatic hydroxyl groups excluding tert-OH is 1. The molecule has 0 spiro atoms. The summed E-state index contributed by atoms with van der Waals surface area (Å²) in [6, 6.07) is -1.14. The second-order valence-electron chi connectivity index (χ2n) is 24.8. The zero-order valence-electron chi connectivity index (χ0n) is 54.6. The highest BCUT2D eigenvalue weighted by Gasteiger charge is 2.33. The standard InChI is InChI=1S/C68H134N6O8/c1-7-9-11-13-15-17-19-21-23-25-27-29-31-33-35-37-39-43-63(76)73(50-41-45-69-46-54-75)65(61(3)4)67(78)70-47-55-80-59-60-81-56-48-71-68(79)66(62(5)6)74(51-42-49-72-52-57-82-58-53-72)64(77)44-40-38-36-34-32-30-28-26-24-22-20-18-16-14-12-10-8-2/h61-62,65-66,69,75H,7-60H2,1-6H3,(H,70,78)(H,71,79). The van der Waals surface area contributed by atoms with Gasteiger partial charge in [-0.1, -0.05) is 247 Å². The Morgan fingerprint density at radius 1 is 0.439 bits per heavy atom. The first-order chi connectivity index (χ1) is 40.1. The molecule has 1 aliphatic rings. The van der Waals surface area contributed by atoms with Crippen LogP contribution in [0.15, 0.2) is 0 Å². The molecule has 4 N–H and O–H groups in total. The fourth-order valence-electron chi connectivity index (χ4n) is 11.6. The van der Waals surface area contributed by atoms with Crippen LogP contribution in [0.5, 0.6) is 0 Å². The molecular weight excluding hydrogens is 1030 g/mol. The first-order valence-corrected chi connectivity index (χ1v) is 35.0. The van der Waals surface area contributed by atoms with Crippen LogP contribution in [-0.2, 0) is 33.4 Å². The Morgan fingerprint density at radius 2 is 0.768 bits per heavy atom. The summed E-state index contributed by atoms with van der Waals surface area (Å²) < 4.78 is 17.2. The average Bonchev–Trinajstić information content (AvgIpc) is 3.60. The van der Waals surface area contributed by atoms with Gasteiger partial charge in [0.1, 0.15) is 12.1 Å². The van der Waals surface area contributed by atoms with Crippen LogP contribution in [0, 0.1) is 11.8 Å². The van der Waals surface area contributed by atoms with E-state index in [1.807, 2.05) is 32.6 Å². The minimum absolute atomic E-state index is 0.0301. The van der Waals surface area contributed by atoms with Gasteiger partial charge in [0.25, 0.3) is 0 Å². The Labute approximate surface area is 505 Å². The number of unbranched alkanes of at least 4 members (excludes halogenated alkanes) is 32. The maximum atomic E-state index is 13.9. The highest BCUT2D eigenvalue weighted by Crippen LogP contribution is 2.20. The number of hydrogen-bond acceptors (Lipinski definition) is 10. The van der Waals surface area contributed by atoms with Crippen LogP contribution < -0.4 is 16.0 Å². The van der Waals surface area contributed by atoms with Gasteiger partial charge in [-0.05, 0) is 44.1 Å². The second kappa shape index (κ2) is 57.7. The monoisotopic (exact) mass is 1160 g/mol. The predicted octanol–water partition coefficient (Wildman–Crippen LogP) is 13.7. The smallest absolute Gasteiger partial charge is 0.243 e. The van der Waals surface area contributed by atoms with Gasteiger partial charge < -0.3 is 45.1 Å². The molecule has 14 heteroatoms. The molecule has 82 heavy (non-hydrogen) atoms. The number of amides is 4. The van der Waals surface area contributed by atoms with Gasteiger partial charge in [-0.15, -0.1) is 0 Å². The number of aliphatic hydroxyl groups is 1. The second-order valence-corrected chi connectivity index (χ2v) is 24.8. The van der Waals surface area contributed by atoms with E-state index in [0.29, 0.717) is 85.0 Å². The summed E-state index contributed by atoms with van der Waals surface area (Å²) in [5.41, 5.74) is 0. The van der Waals surface area contributed by atoms with Gasteiger partial charge in [0, 0.05) is 65.2 Å². The van der Waals surface area contributed by atoms with E-state index in [-0.39, 0.29) is 42.1 Å². The number of hydrogen-bond donors (Lipinski definition) is 4. The molecule has 4 amide bonds. The van der Waals surface area contributed by atoms with Crippen molar-refractivity contribution >= 4 is 23.6 Å². The lowest BCUT2D eigenvalue weighted by Gasteiger charge is -2.35. The van der Waals surface area contributed by atoms with Crippen molar-refractivity contribution < 1.29 is 38.5 Å². The SMILES string of the molecule is CCCCCCCCCCCCCCCCCCCC(=O)N(CCCNCCO)C(C(=O)NCCOCCOCCNC(=O)C(C(C)C)N(CCCN1CCOCC1)C(=O)CCCCCCCCCCCCCCCCCCC)C(C)C. The Kier molecular flexibility index (Phi) is 54.6. The number of morpholine rings is 1. The van der Waals surface area contributed by atoms with E-state index in [4.69, 9.17) is 14.2 Å². The van der Waals surface area contributed by atoms with Crippen molar-refractivity contribution in [1.82, 2.24) is 30.7 Å². The number of rotatable bonds is 61. The van der Waals surface area contributed by atoms with Crippen LogP contribution in [0.1, 0.15) is 286 Å². The third kappa shape index (κ3) is 44.1. The summed E-state index contributed by atoms with van der Waals surface area (Å²) in [5.74, 6) is -0.320. The topological polar surface area (TPSA) is 162 Å². The lowest BCUT2D eigenvalue weighted by Crippen LogP contribution is -2.53. The van der Waals surface area contributed by atoms with Crippen molar-refractivity contribution in [3.8, 4) is 0 Å². The highest BCUT2D eigenvalue weighted by molar-refractivity contribution is 5.88. The van der Waals surface area contributed by atoms with E-state index < -0.39 is 12.1 Å². The van der Waals surface area contributed by atoms with Crippen molar-refractivity contribution in [2.45, 2.75) is 298 Å². The third-order valence-electron chi connectivity index (χ3n) is 16.6. The van der Waals surface area contributed by atoms with Crippen LogP contribution in [0.25, 0.3) is 0 Å². The summed E-state index contributed by atoms with van der Waals surface area (Å²) in [7, 11) is 0. The summed E-state index contributed by atoms with van der Waals surface area (Å²) in [4.78, 5) is 61.3. The van der Waals surface area contributed by atoms with Crippen molar-refractivity contribution in [2.75, 3.05) is 105 Å². The summed E-state index contributed by atoms with van der Waals surface area (Å²) in [5, 5.41) is 18.5. The largest absolute Gasteiger partial charge is 0.395 e. The third-order valence-corrected chi connectivity index (χ3v) is 16.6. The molecule has 2 unspecified atom stereocenters. The molecule has 484 valence electrons. The van der Waals surface area contributed by atoms with Gasteiger partial charge in [0.05, 0.1) is 46.2 Å². The molecule has 0 bridgehead atoms. The first kappa shape index (κ1) is 77.7. The molecule has 1 aliphatic heterocycles. The van der Waals surface area contributed by atoms with Gasteiger partial charge >= 0.3 is 0 Å². The minimum atomic E-state index is -0.584. The van der Waals surface area contributed by atoms with Crippen LogP contribution in [-0.4, -0.2) is 161 Å². The molecule has 0 radical (unpaired) electrons. The number of ether oxygens (including phenoxy) is 3. The number of nitrogens with zero attached hydrogens (tertiary/aromatic N) is 3. The van der Waals surface area contributed by atoms with Crippen molar-refractivity contribution in [2.24, 2.45) is 11.8 Å². The first-order valence-electron chi connectivity index (χ1n) is 35.0. The Morgan fingerprint density at radius 3 is 1.10 bits per heavy atom. The molecule has 0 aromatic heterocycles. The van der Waals surface area contributed by atoms with E-state index in [0.717, 1.165) is 77.8 Å². The van der Waals surface area contributed by atoms with E-state index in [9.17, 15) is 24.3 Å². The highest BCUT2D eigenvalue weighted by atomic mass is 16.5. The van der Waals surface area contributed by atoms with Crippen molar-refractivity contribution in [1.29, 1.82) is 0 Å². The fourth-order valence-corrected chi connectivity index (χ4v) is 11.6. The maximum Gasteiger partial charge on any atom is 0.243 e. The van der Waals surface area contributed by atoms with Crippen molar-refractivity contribution in [3.05, 3.63) is 0 Å². The van der Waals surface area contributed by atoms with Crippen LogP contribution in [0.4, 0.5) is 0 Å². The lowest BCUT2D eigenvalue weighted by atomic mass is 9.99. The van der Waals surface area contributed by atoms with Crippen LogP contribution >= 0.6 is 0 Å². The zero-order chi connectivity index (χ0) is 59.8.